The van der Waals surface area contributed by atoms with Crippen molar-refractivity contribution in [2.24, 2.45) is 0 Å². The highest BCUT2D eigenvalue weighted by molar-refractivity contribution is 9.10. The van der Waals surface area contributed by atoms with Crippen LogP contribution >= 0.6 is 27.5 Å². The zero-order valence-electron chi connectivity index (χ0n) is 8.30. The van der Waals surface area contributed by atoms with Gasteiger partial charge in [-0.25, -0.2) is 0 Å². The van der Waals surface area contributed by atoms with Crippen LogP contribution in [0, 0.1) is 0 Å². The summed E-state index contributed by atoms with van der Waals surface area (Å²) in [5.74, 6) is -1.13. The number of carbonyl (C=O) groups is 2. The number of carbonyl (C=O) groups excluding carboxylic acids is 2. The Kier molecular flexibility index (Phi) is 5.28. The lowest BCUT2D eigenvalue weighted by atomic mass is 10.3. The highest BCUT2D eigenvalue weighted by atomic mass is 79.9. The fraction of sp³-hybridized carbons (Fsp3) is 0.200. The number of alkyl halides is 1. The van der Waals surface area contributed by atoms with Crippen molar-refractivity contribution < 1.29 is 9.59 Å². The maximum absolute atomic E-state index is 11.3. The minimum absolute atomic E-state index is 0.270. The predicted octanol–water partition coefficient (Wildman–Crippen LogP) is 1.74. The second-order valence-corrected chi connectivity index (χ2v) is 4.20. The van der Waals surface area contributed by atoms with E-state index in [1.807, 2.05) is 6.07 Å². The maximum Gasteiger partial charge on any atom is 0.313 e. The number of nitrogens with one attached hydrogen (secondary N) is 2. The molecule has 0 aliphatic rings. The van der Waals surface area contributed by atoms with Crippen LogP contribution in [0.4, 0.5) is 5.69 Å². The van der Waals surface area contributed by atoms with E-state index in [9.17, 15) is 9.59 Å². The third kappa shape index (κ3) is 4.20. The Morgan fingerprint density at radius 1 is 1.31 bits per heavy atom. The van der Waals surface area contributed by atoms with Crippen molar-refractivity contribution in [1.82, 2.24) is 5.32 Å². The Bertz CT molecular complexity index is 398. The molecular formula is C10H10BrClN2O2. The van der Waals surface area contributed by atoms with Crippen molar-refractivity contribution in [3.05, 3.63) is 28.7 Å². The molecule has 0 heterocycles. The average molecular weight is 306 g/mol. The van der Waals surface area contributed by atoms with Crippen LogP contribution in [-0.2, 0) is 9.59 Å². The molecule has 0 radical (unpaired) electrons. The molecule has 0 aliphatic heterocycles. The van der Waals surface area contributed by atoms with Gasteiger partial charge in [0.25, 0.3) is 0 Å². The minimum Gasteiger partial charge on any atom is -0.347 e. The number of rotatable bonds is 3. The molecule has 2 N–H and O–H groups in total. The zero-order valence-corrected chi connectivity index (χ0v) is 10.6. The lowest BCUT2D eigenvalue weighted by Crippen LogP contribution is -2.36. The molecule has 0 bridgehead atoms. The summed E-state index contributed by atoms with van der Waals surface area (Å²) < 4.78 is 0.825. The first kappa shape index (κ1) is 13.0. The standard InChI is InChI=1S/C10H10BrClN2O2/c11-7-2-1-3-8(6-7)14-10(16)9(15)13-5-4-12/h1-3,6H,4-5H2,(H,13,15)(H,14,16). The molecule has 0 spiro atoms. The van der Waals surface area contributed by atoms with E-state index >= 15 is 0 Å². The molecular weight excluding hydrogens is 295 g/mol. The van der Waals surface area contributed by atoms with Crippen LogP contribution in [0.25, 0.3) is 0 Å². The highest BCUT2D eigenvalue weighted by Crippen LogP contribution is 2.15. The molecule has 86 valence electrons. The second kappa shape index (κ2) is 6.50. The molecule has 0 saturated carbocycles. The summed E-state index contributed by atoms with van der Waals surface area (Å²) in [6.45, 7) is 0.270. The van der Waals surface area contributed by atoms with Crippen molar-refractivity contribution in [1.29, 1.82) is 0 Å². The van der Waals surface area contributed by atoms with E-state index in [0.29, 0.717) is 5.69 Å². The average Bonchev–Trinajstić information content (AvgIpc) is 2.25. The summed E-state index contributed by atoms with van der Waals surface area (Å²) in [6.07, 6.45) is 0. The Morgan fingerprint density at radius 3 is 2.69 bits per heavy atom. The van der Waals surface area contributed by atoms with E-state index in [2.05, 4.69) is 26.6 Å². The fourth-order valence-corrected chi connectivity index (χ4v) is 1.49. The first-order valence-corrected chi connectivity index (χ1v) is 5.87. The third-order valence-corrected chi connectivity index (χ3v) is 2.35. The second-order valence-electron chi connectivity index (χ2n) is 2.91. The molecule has 0 aromatic heterocycles. The summed E-state index contributed by atoms with van der Waals surface area (Å²) in [6, 6.07) is 6.98. The van der Waals surface area contributed by atoms with Gasteiger partial charge in [0.05, 0.1) is 0 Å². The maximum atomic E-state index is 11.3. The zero-order chi connectivity index (χ0) is 12.0. The molecule has 1 aromatic carbocycles. The van der Waals surface area contributed by atoms with Gasteiger partial charge in [-0.1, -0.05) is 22.0 Å². The monoisotopic (exact) mass is 304 g/mol. The third-order valence-electron chi connectivity index (χ3n) is 1.67. The van der Waals surface area contributed by atoms with E-state index in [-0.39, 0.29) is 12.4 Å². The Morgan fingerprint density at radius 2 is 2.06 bits per heavy atom. The van der Waals surface area contributed by atoms with E-state index in [1.54, 1.807) is 18.2 Å². The summed E-state index contributed by atoms with van der Waals surface area (Å²) in [7, 11) is 0. The number of hydrogen-bond donors (Lipinski definition) is 2. The van der Waals surface area contributed by atoms with Gasteiger partial charge in [0, 0.05) is 22.6 Å². The first-order valence-electron chi connectivity index (χ1n) is 4.54. The van der Waals surface area contributed by atoms with Gasteiger partial charge in [-0.2, -0.15) is 0 Å². The lowest BCUT2D eigenvalue weighted by molar-refractivity contribution is -0.136. The molecule has 0 atom stereocenters. The molecule has 0 saturated heterocycles. The first-order chi connectivity index (χ1) is 7.63. The summed E-state index contributed by atoms with van der Waals surface area (Å²) in [5.41, 5.74) is 0.556. The van der Waals surface area contributed by atoms with Crippen LogP contribution in [-0.4, -0.2) is 24.2 Å². The highest BCUT2D eigenvalue weighted by Gasteiger charge is 2.12. The van der Waals surface area contributed by atoms with Gasteiger partial charge in [-0.3, -0.25) is 9.59 Å². The van der Waals surface area contributed by atoms with Gasteiger partial charge in [0.1, 0.15) is 0 Å². The number of hydrogen-bond acceptors (Lipinski definition) is 2. The topological polar surface area (TPSA) is 58.2 Å². The normalized spacial score (nSPS) is 9.62. The van der Waals surface area contributed by atoms with Crippen molar-refractivity contribution in [2.75, 3.05) is 17.7 Å². The molecule has 0 aliphatic carbocycles. The number of amides is 2. The number of halogens is 2. The van der Waals surface area contributed by atoms with Crippen molar-refractivity contribution in [3.8, 4) is 0 Å². The lowest BCUT2D eigenvalue weighted by Gasteiger charge is -2.05. The van der Waals surface area contributed by atoms with Gasteiger partial charge in [0.15, 0.2) is 0 Å². The quantitative estimate of drug-likeness (QED) is 0.660. The Balaban J connectivity index is 2.54. The molecule has 16 heavy (non-hydrogen) atoms. The number of anilines is 1. The number of benzene rings is 1. The smallest absolute Gasteiger partial charge is 0.313 e. The molecule has 0 fully saturated rings. The molecule has 4 nitrogen and oxygen atoms in total. The minimum atomic E-state index is -0.705. The van der Waals surface area contributed by atoms with Gasteiger partial charge < -0.3 is 10.6 Å². The van der Waals surface area contributed by atoms with Crippen LogP contribution in [0.15, 0.2) is 28.7 Å². The van der Waals surface area contributed by atoms with Gasteiger partial charge in [-0.15, -0.1) is 11.6 Å². The molecule has 1 aromatic rings. The van der Waals surface area contributed by atoms with Crippen molar-refractivity contribution >= 4 is 45.0 Å². The Hall–Kier alpha value is -1.07. The Labute approximate surface area is 106 Å². The fourth-order valence-electron chi connectivity index (χ4n) is 0.995. The van der Waals surface area contributed by atoms with Crippen LogP contribution in [0.1, 0.15) is 0 Å². The molecule has 0 unspecified atom stereocenters. The van der Waals surface area contributed by atoms with Crippen LogP contribution in [0.5, 0.6) is 0 Å². The summed E-state index contributed by atoms with van der Waals surface area (Å²) in [5, 5.41) is 4.84. The van der Waals surface area contributed by atoms with E-state index in [1.165, 1.54) is 0 Å². The summed E-state index contributed by atoms with van der Waals surface area (Å²) >= 11 is 8.64. The molecule has 2 amide bonds. The summed E-state index contributed by atoms with van der Waals surface area (Å²) in [4.78, 5) is 22.5. The SMILES string of the molecule is O=C(NCCCl)C(=O)Nc1cccc(Br)c1. The van der Waals surface area contributed by atoms with E-state index in [4.69, 9.17) is 11.6 Å². The van der Waals surface area contributed by atoms with Crippen LogP contribution in [0.2, 0.25) is 0 Å². The van der Waals surface area contributed by atoms with Gasteiger partial charge in [-0.05, 0) is 18.2 Å². The van der Waals surface area contributed by atoms with Crippen LogP contribution < -0.4 is 10.6 Å². The van der Waals surface area contributed by atoms with Gasteiger partial charge in [0.2, 0.25) is 0 Å². The van der Waals surface area contributed by atoms with Crippen molar-refractivity contribution in [3.63, 3.8) is 0 Å². The molecule has 1 rings (SSSR count). The van der Waals surface area contributed by atoms with E-state index in [0.717, 1.165) is 4.47 Å². The largest absolute Gasteiger partial charge is 0.347 e. The van der Waals surface area contributed by atoms with Crippen molar-refractivity contribution in [2.45, 2.75) is 0 Å². The van der Waals surface area contributed by atoms with Crippen LogP contribution in [0.3, 0.4) is 0 Å². The molecule has 6 heteroatoms. The predicted molar refractivity (Wildman–Crippen MR) is 66.5 cm³/mol. The van der Waals surface area contributed by atoms with Gasteiger partial charge >= 0.3 is 11.8 Å². The van der Waals surface area contributed by atoms with E-state index < -0.39 is 11.8 Å².